The van der Waals surface area contributed by atoms with Gasteiger partial charge < -0.3 is 143 Å². The molecule has 8 aliphatic rings. The monoisotopic (exact) mass is 1840 g/mol. The normalized spacial score (nSPS) is 29.8. The SMILES string of the molecule is CCN(CC)Cc1c(O)cc2c(c1O)-c1cc(ccc1O)[C@H]1NC(=O)[C@@H]3NC(=O)[C@H](CC(N)=O)NC(=O)[C@H](NC(=O)[C@@H](CC(C)C)NC)[C@H](O)c4ccc(c(Cl)c4)Oc4cc3cc(c4O[C@H]3O[C@@H](CO)[C@H](O)[C@@H](O)[C@@H]3O[C@H]3C[C@](C)(NCc4ccc(Br)cc4)[C@H](O)[C@H](C)O3)Oc3ccc(cc3Cl)[C@@H](O[C@H]3C[C@](C)(N)[C@H](O)[C@H](C)O3)[C@H](NC1=O)C(=O)N[C@H]2C(=O)O. The average molecular weight is 1850 g/mol. The molecular weight excluding hydrogens is 1740 g/mol. The van der Waals surface area contributed by atoms with Gasteiger partial charge in [-0.25, -0.2) is 4.79 Å². The molecule has 3 saturated heterocycles. The number of phenols is 3. The standard InChI is InChI=1S/C85H104BrCl2N11O26/c1-10-99(11-2)33-46-52(102)28-45-61(68(46)105)44-23-39(14-19-51(44)101)62-78(112)98-66(81(115)96-64(45)82(116)117)71(123-59-30-84(7,90)74(108)36(5)118-59)41-16-21-54(48(88)25-41)121-56-27-42-26-55(72(56)125-83-73(70(107)69(106)57(34-100)122-83)124-60-31-85(8,75(109)37(6)119-60)92-32-38-12-17-43(86)18-13-38)120-53-20-15-40(24-47(53)87)67(104)65(97-76(110)49(91-9)22-35(3)4)80(114)93-50(29-58(89)103)77(111)94-63(42)79(113)95-62/h12-21,23-28,35-37,49-50,57,59-60,62-67,69-71,73-75,83,91-92,100-102,104-109H,10-11,22,29-34,90H2,1-9H3,(H2,89,103)(H,93,114)(H,94,111)(H,95,113)(H,96,115)(H,97,110)(H,98,112)(H,116,117)/t36-,37-,49+,50-,57-,59-,60-,62+,63+,64+,65+,66-,67+,69-,70+,71+,73-,74+,75+,83+,84-,85-/m0/s1. The number of halogens is 3. The fraction of sp³-hybridized carbons (Fsp3) is 0.482. The van der Waals surface area contributed by atoms with E-state index in [0.717, 1.165) is 52.5 Å². The number of nitrogens with two attached hydrogens (primary N) is 2. The molecule has 8 heterocycles. The first-order valence-electron chi connectivity index (χ1n) is 40.6. The molecule has 6 aromatic rings. The third kappa shape index (κ3) is 20.8. The number of primary amides is 1. The number of carbonyl (C=O) groups excluding carboxylic acids is 7. The van der Waals surface area contributed by atoms with Crippen molar-refractivity contribution >= 4 is 86.5 Å². The van der Waals surface area contributed by atoms with Crippen molar-refractivity contribution in [2.24, 2.45) is 17.4 Å². The van der Waals surface area contributed by atoms with Crippen molar-refractivity contribution in [3.8, 4) is 57.1 Å². The van der Waals surface area contributed by atoms with E-state index in [1.165, 1.54) is 51.2 Å². The predicted octanol–water partition coefficient (Wildman–Crippen LogP) is 3.78. The third-order valence-electron chi connectivity index (χ3n) is 23.3. The van der Waals surface area contributed by atoms with Crippen LogP contribution in [0.3, 0.4) is 0 Å². The maximum absolute atomic E-state index is 16.7. The fourth-order valence-corrected chi connectivity index (χ4v) is 16.9. The maximum Gasteiger partial charge on any atom is 0.330 e. The lowest BCUT2D eigenvalue weighted by Gasteiger charge is -2.48. The largest absolute Gasteiger partial charge is 0.507 e. The van der Waals surface area contributed by atoms with Gasteiger partial charge >= 0.3 is 5.97 Å². The van der Waals surface area contributed by atoms with Gasteiger partial charge in [0.15, 0.2) is 36.2 Å². The molecule has 14 rings (SSSR count). The number of aromatic hydroxyl groups is 3. The number of rotatable bonds is 22. The molecule has 11 bridgehead atoms. The number of carboxylic acid groups (broad SMARTS) is 1. The summed E-state index contributed by atoms with van der Waals surface area (Å²) in [4.78, 5) is 124. The van der Waals surface area contributed by atoms with Gasteiger partial charge in [-0.2, -0.15) is 0 Å². The van der Waals surface area contributed by atoms with E-state index < -0.39 is 261 Å². The Balaban J connectivity index is 1.12. The number of aliphatic hydroxyl groups excluding tert-OH is 6. The first-order valence-corrected chi connectivity index (χ1v) is 42.2. The van der Waals surface area contributed by atoms with E-state index in [1.807, 2.05) is 38.1 Å². The highest BCUT2D eigenvalue weighted by Crippen LogP contribution is 2.51. The first-order chi connectivity index (χ1) is 59.1. The number of fused-ring (bicyclic) bond motifs is 15. The van der Waals surface area contributed by atoms with Crippen LogP contribution in [0.15, 0.2) is 102 Å². The van der Waals surface area contributed by atoms with Gasteiger partial charge in [-0.3, -0.25) is 38.5 Å². The van der Waals surface area contributed by atoms with Crippen molar-refractivity contribution in [1.82, 2.24) is 47.4 Å². The van der Waals surface area contributed by atoms with Gasteiger partial charge in [0, 0.05) is 58.2 Å². The second-order valence-corrected chi connectivity index (χ2v) is 34.6. The van der Waals surface area contributed by atoms with Crippen LogP contribution in [0.2, 0.25) is 10.0 Å². The van der Waals surface area contributed by atoms with E-state index in [0.29, 0.717) is 13.1 Å². The Bertz CT molecular complexity index is 5040. The van der Waals surface area contributed by atoms with Crippen molar-refractivity contribution < 1.29 is 127 Å². The molecule has 7 amide bonds. The number of nitrogens with one attached hydrogen (secondary N) is 8. The zero-order valence-electron chi connectivity index (χ0n) is 69.5. The molecule has 676 valence electrons. The highest BCUT2D eigenvalue weighted by Gasteiger charge is 2.53. The average Bonchev–Trinajstić information content (AvgIpc) is 0.740. The summed E-state index contributed by atoms with van der Waals surface area (Å²) in [5, 5.41) is 140. The second-order valence-electron chi connectivity index (χ2n) is 32.9. The van der Waals surface area contributed by atoms with E-state index in [-0.39, 0.29) is 71.3 Å². The Labute approximate surface area is 736 Å². The summed E-state index contributed by atoms with van der Waals surface area (Å²) in [6.45, 7) is 13.2. The molecule has 125 heavy (non-hydrogen) atoms. The second kappa shape index (κ2) is 39.3. The van der Waals surface area contributed by atoms with Crippen LogP contribution in [-0.4, -0.2) is 233 Å². The number of ether oxygens (including phenoxy) is 8. The smallest absolute Gasteiger partial charge is 0.330 e. The molecule has 8 aliphatic heterocycles. The fourth-order valence-electron chi connectivity index (χ4n) is 16.2. The first kappa shape index (κ1) is 94.5. The van der Waals surface area contributed by atoms with Crippen molar-refractivity contribution in [2.75, 3.05) is 26.7 Å². The minimum Gasteiger partial charge on any atom is -0.507 e. The highest BCUT2D eigenvalue weighted by molar-refractivity contribution is 9.10. The zero-order chi connectivity index (χ0) is 90.9. The molecule has 0 saturated carbocycles. The van der Waals surface area contributed by atoms with Gasteiger partial charge in [-0.05, 0) is 155 Å². The van der Waals surface area contributed by atoms with E-state index >= 15 is 24.0 Å². The molecule has 40 heteroatoms. The van der Waals surface area contributed by atoms with Gasteiger partial charge in [-0.1, -0.05) is 97.2 Å². The summed E-state index contributed by atoms with van der Waals surface area (Å²) in [5.74, 6) is -15.9. The van der Waals surface area contributed by atoms with Crippen LogP contribution < -0.4 is 68.2 Å². The van der Waals surface area contributed by atoms with Crippen LogP contribution in [0.4, 0.5) is 0 Å². The Hall–Kier alpha value is -9.66. The van der Waals surface area contributed by atoms with Crippen molar-refractivity contribution in [1.29, 1.82) is 0 Å². The molecule has 6 aromatic carbocycles. The topological polar surface area (TPSA) is 564 Å². The van der Waals surface area contributed by atoms with Gasteiger partial charge in [-0.15, -0.1) is 0 Å². The number of likely N-dealkylation sites (N-methyl/N-ethyl adjacent to an activating group) is 1. The molecular formula is C85H104BrCl2N11O26. The van der Waals surface area contributed by atoms with Gasteiger partial charge in [0.1, 0.15) is 89.5 Å². The molecule has 22 N–H and O–H groups in total. The number of aliphatic carboxylic acids is 1. The van der Waals surface area contributed by atoms with Gasteiger partial charge in [0.05, 0.1) is 59.1 Å². The summed E-state index contributed by atoms with van der Waals surface area (Å²) in [7, 11) is 1.48. The number of benzene rings is 6. The summed E-state index contributed by atoms with van der Waals surface area (Å²) >= 11 is 18.2. The minimum absolute atomic E-state index is 0.118. The molecule has 0 aromatic heterocycles. The number of phenolic OH excluding ortho intramolecular Hbond substituents is 3. The van der Waals surface area contributed by atoms with E-state index in [2.05, 4.69) is 58.5 Å². The lowest BCUT2D eigenvalue weighted by atomic mass is 9.84. The number of hydrogen-bond donors (Lipinski definition) is 20. The van der Waals surface area contributed by atoms with Crippen LogP contribution >= 0.6 is 39.1 Å². The Kier molecular flexibility index (Phi) is 29.7. The summed E-state index contributed by atoms with van der Waals surface area (Å²) < 4.78 is 53.8. The maximum atomic E-state index is 16.7. The predicted molar refractivity (Wildman–Crippen MR) is 449 cm³/mol. The van der Waals surface area contributed by atoms with Crippen molar-refractivity contribution in [2.45, 2.75) is 227 Å². The van der Waals surface area contributed by atoms with Crippen LogP contribution in [0, 0.1) is 5.92 Å². The Morgan fingerprint density at radius 3 is 1.89 bits per heavy atom. The molecule has 0 aliphatic carbocycles. The minimum atomic E-state index is -2.40. The molecule has 0 spiro atoms. The number of carbonyl (C=O) groups is 8. The number of carboxylic acids is 1. The van der Waals surface area contributed by atoms with Crippen LogP contribution in [-0.2, 0) is 75.1 Å². The third-order valence-corrected chi connectivity index (χ3v) is 24.4. The number of amides is 7. The lowest BCUT2D eigenvalue weighted by Crippen LogP contribution is -2.65. The number of aliphatic hydroxyl groups is 6. The zero-order valence-corrected chi connectivity index (χ0v) is 72.6. The van der Waals surface area contributed by atoms with Crippen LogP contribution in [0.5, 0.6) is 46.0 Å². The highest BCUT2D eigenvalue weighted by atomic mass is 79.9. The number of nitrogens with zero attached hydrogens (tertiary/aromatic N) is 1. The summed E-state index contributed by atoms with van der Waals surface area (Å²) in [6.07, 6.45) is -22.8. The quantitative estimate of drug-likeness (QED) is 0.0460. The molecule has 0 unspecified atom stereocenters. The molecule has 22 atom stereocenters. The van der Waals surface area contributed by atoms with Crippen LogP contribution in [0.1, 0.15) is 150 Å². The van der Waals surface area contributed by atoms with Crippen molar-refractivity contribution in [3.63, 3.8) is 0 Å². The van der Waals surface area contributed by atoms with Gasteiger partial charge in [0.2, 0.25) is 53.4 Å². The molecule has 3 fully saturated rings. The molecule has 0 radical (unpaired) electrons. The van der Waals surface area contributed by atoms with E-state index in [1.54, 1.807) is 32.6 Å². The Morgan fingerprint density at radius 2 is 1.29 bits per heavy atom. The van der Waals surface area contributed by atoms with E-state index in [9.17, 15) is 65.4 Å². The summed E-state index contributed by atoms with van der Waals surface area (Å²) in [6, 6.07) is 6.41. The van der Waals surface area contributed by atoms with E-state index in [4.69, 9.17) is 72.6 Å². The lowest BCUT2D eigenvalue weighted by molar-refractivity contribution is -0.334. The number of hydrogen-bond acceptors (Lipinski definition) is 29. The van der Waals surface area contributed by atoms with Crippen molar-refractivity contribution in [3.05, 3.63) is 151 Å². The van der Waals surface area contributed by atoms with Crippen LogP contribution in [0.25, 0.3) is 11.1 Å². The summed E-state index contributed by atoms with van der Waals surface area (Å²) in [5.41, 5.74) is 7.79. The molecule has 37 nitrogen and oxygen atoms in total. The van der Waals surface area contributed by atoms with Gasteiger partial charge in [0.25, 0.3) is 0 Å². The Morgan fingerprint density at radius 1 is 0.688 bits per heavy atom.